The summed E-state index contributed by atoms with van der Waals surface area (Å²) in [5, 5.41) is -0.758. The molecule has 16 heavy (non-hydrogen) atoms. The fraction of sp³-hybridized carbons (Fsp3) is 0.750. The zero-order valence-electron chi connectivity index (χ0n) is 7.96. The van der Waals surface area contributed by atoms with Gasteiger partial charge in [0.2, 0.25) is 0 Å². The number of allylic oxidation sites excluding steroid dienone is 2. The van der Waals surface area contributed by atoms with E-state index in [1.54, 1.807) is 0 Å². The number of hydrogen-bond donors (Lipinski definition) is 0. The molecule has 1 unspecified atom stereocenters. The van der Waals surface area contributed by atoms with Crippen molar-refractivity contribution >= 4 is 92.8 Å². The Morgan fingerprint density at radius 2 is 1.50 bits per heavy atom. The topological polar surface area (TPSA) is 0 Å². The van der Waals surface area contributed by atoms with Crippen LogP contribution < -0.4 is 0 Å². The third-order valence-corrected chi connectivity index (χ3v) is 3.54. The smallest absolute Gasteiger partial charge is 0.115 e. The Labute approximate surface area is 135 Å². The van der Waals surface area contributed by atoms with Crippen molar-refractivity contribution in [2.24, 2.45) is 0 Å². The van der Waals surface area contributed by atoms with Gasteiger partial charge >= 0.3 is 0 Å². The second-order valence-electron chi connectivity index (χ2n) is 3.19. The second kappa shape index (κ2) is 7.01. The molecule has 0 aliphatic heterocycles. The monoisotopic (exact) mass is 384 g/mol. The van der Waals surface area contributed by atoms with Crippen LogP contribution in [0.3, 0.4) is 0 Å². The predicted octanol–water partition coefficient (Wildman–Crippen LogP) is 6.28. The lowest BCUT2D eigenvalue weighted by molar-refractivity contribution is 0.795. The number of alkyl halides is 8. The first kappa shape index (κ1) is 18.1. The summed E-state index contributed by atoms with van der Waals surface area (Å²) in [6.07, 6.45) is 1.49. The molecule has 0 spiro atoms. The highest BCUT2D eigenvalue weighted by molar-refractivity contribution is 6.67. The van der Waals surface area contributed by atoms with Crippen molar-refractivity contribution in [3.05, 3.63) is 11.6 Å². The standard InChI is InChI=1S/C8H8Cl8/c1-7(12,13)6(11)4(2-5(9)10)3-8(14,15)16/h2,5-6H,3H2,1H3. The first-order valence-electron chi connectivity index (χ1n) is 4.01. The van der Waals surface area contributed by atoms with Crippen molar-refractivity contribution in [3.8, 4) is 0 Å². The molecule has 0 aliphatic rings. The Morgan fingerprint density at radius 1 is 1.06 bits per heavy atom. The van der Waals surface area contributed by atoms with Crippen molar-refractivity contribution in [3.63, 3.8) is 0 Å². The van der Waals surface area contributed by atoms with Crippen LogP contribution in [0.15, 0.2) is 11.6 Å². The third-order valence-electron chi connectivity index (χ3n) is 1.52. The molecule has 0 amide bonds. The summed E-state index contributed by atoms with van der Waals surface area (Å²) >= 11 is 46.0. The van der Waals surface area contributed by atoms with E-state index >= 15 is 0 Å². The van der Waals surface area contributed by atoms with Crippen LogP contribution >= 0.6 is 92.8 Å². The van der Waals surface area contributed by atoms with Gasteiger partial charge in [0.05, 0.1) is 5.38 Å². The van der Waals surface area contributed by atoms with E-state index in [-0.39, 0.29) is 6.42 Å². The Bertz CT molecular complexity index is 246. The largest absolute Gasteiger partial charge is 0.194 e. The average molecular weight is 388 g/mol. The first-order chi connectivity index (χ1) is 6.93. The van der Waals surface area contributed by atoms with E-state index in [1.165, 1.54) is 13.0 Å². The van der Waals surface area contributed by atoms with Gasteiger partial charge in [-0.1, -0.05) is 64.1 Å². The molecule has 0 nitrogen and oxygen atoms in total. The minimum atomic E-state index is -1.51. The van der Waals surface area contributed by atoms with E-state index in [1.807, 2.05) is 0 Å². The van der Waals surface area contributed by atoms with E-state index < -0.39 is 18.3 Å². The summed E-state index contributed by atoms with van der Waals surface area (Å²) in [5.74, 6) is 0. The van der Waals surface area contributed by atoms with Gasteiger partial charge in [-0.3, -0.25) is 0 Å². The van der Waals surface area contributed by atoms with Crippen LogP contribution in [-0.2, 0) is 0 Å². The molecule has 0 saturated heterocycles. The molecule has 0 aliphatic carbocycles. The number of rotatable bonds is 4. The Morgan fingerprint density at radius 3 is 1.75 bits per heavy atom. The van der Waals surface area contributed by atoms with Gasteiger partial charge in [-0.25, -0.2) is 0 Å². The molecule has 0 aromatic heterocycles. The van der Waals surface area contributed by atoms with Gasteiger partial charge in [0.25, 0.3) is 0 Å². The minimum Gasteiger partial charge on any atom is -0.115 e. The van der Waals surface area contributed by atoms with Crippen molar-refractivity contribution in [1.29, 1.82) is 0 Å². The van der Waals surface area contributed by atoms with Crippen LogP contribution in [0.4, 0.5) is 0 Å². The summed E-state index contributed by atoms with van der Waals surface area (Å²) in [6.45, 7) is 1.53. The molecule has 0 saturated carbocycles. The van der Waals surface area contributed by atoms with Crippen molar-refractivity contribution in [1.82, 2.24) is 0 Å². The lowest BCUT2D eigenvalue weighted by atomic mass is 10.1. The van der Waals surface area contributed by atoms with Gasteiger partial charge in [0.1, 0.15) is 9.17 Å². The highest BCUT2D eigenvalue weighted by Gasteiger charge is 2.34. The molecule has 1 atom stereocenters. The van der Waals surface area contributed by atoms with Gasteiger partial charge in [-0.15, -0.1) is 34.8 Å². The van der Waals surface area contributed by atoms with Crippen LogP contribution in [0.1, 0.15) is 13.3 Å². The third kappa shape index (κ3) is 8.21. The van der Waals surface area contributed by atoms with Crippen LogP contribution in [-0.4, -0.2) is 18.3 Å². The summed E-state index contributed by atoms with van der Waals surface area (Å²) in [5.41, 5.74) is 0.476. The quantitative estimate of drug-likeness (QED) is 0.393. The summed E-state index contributed by atoms with van der Waals surface area (Å²) in [6, 6.07) is 0. The maximum atomic E-state index is 6.05. The van der Waals surface area contributed by atoms with Gasteiger partial charge in [-0.05, 0) is 12.5 Å². The molecule has 0 fully saturated rings. The van der Waals surface area contributed by atoms with E-state index in [4.69, 9.17) is 92.8 Å². The first-order valence-corrected chi connectivity index (χ1v) is 7.21. The van der Waals surface area contributed by atoms with Crippen LogP contribution in [0.25, 0.3) is 0 Å². The SMILES string of the molecule is CC(Cl)(Cl)C(Cl)C(=CC(Cl)Cl)CC(Cl)(Cl)Cl. The van der Waals surface area contributed by atoms with Crippen molar-refractivity contribution in [2.75, 3.05) is 0 Å². The molecule has 0 radical (unpaired) electrons. The maximum Gasteiger partial charge on any atom is 0.194 e. The van der Waals surface area contributed by atoms with Crippen molar-refractivity contribution < 1.29 is 0 Å². The Balaban J connectivity index is 4.97. The van der Waals surface area contributed by atoms with E-state index in [0.717, 1.165) is 0 Å². The van der Waals surface area contributed by atoms with E-state index in [9.17, 15) is 0 Å². The molecular formula is C8H8Cl8. The molecule has 0 bridgehead atoms. The summed E-state index contributed by atoms with van der Waals surface area (Å²) in [7, 11) is 0. The molecule has 0 aromatic carbocycles. The van der Waals surface area contributed by atoms with Crippen LogP contribution in [0.2, 0.25) is 0 Å². The number of halogens is 8. The van der Waals surface area contributed by atoms with Crippen molar-refractivity contribution in [2.45, 2.75) is 31.7 Å². The highest BCUT2D eigenvalue weighted by atomic mass is 35.6. The maximum absolute atomic E-state index is 6.05. The Kier molecular flexibility index (Phi) is 7.91. The van der Waals surface area contributed by atoms with Gasteiger partial charge < -0.3 is 0 Å². The number of hydrogen-bond acceptors (Lipinski definition) is 0. The fourth-order valence-corrected chi connectivity index (χ4v) is 2.17. The lowest BCUT2D eigenvalue weighted by Crippen LogP contribution is -2.27. The molecule has 0 rings (SSSR count). The highest BCUT2D eigenvalue weighted by Crippen LogP contribution is 2.41. The lowest BCUT2D eigenvalue weighted by Gasteiger charge is -2.25. The normalized spacial score (nSPS) is 16.8. The Hall–Kier alpha value is 2.06. The molecule has 8 heteroatoms. The fourth-order valence-electron chi connectivity index (χ4n) is 0.952. The van der Waals surface area contributed by atoms with Crippen LogP contribution in [0.5, 0.6) is 0 Å². The minimum absolute atomic E-state index is 0.0385. The molecule has 96 valence electrons. The van der Waals surface area contributed by atoms with E-state index in [0.29, 0.717) is 5.57 Å². The van der Waals surface area contributed by atoms with Gasteiger partial charge in [0, 0.05) is 6.42 Å². The molecule has 0 heterocycles. The second-order valence-corrected chi connectivity index (χ2v) is 9.07. The zero-order chi connectivity index (χ0) is 13.1. The molecular weight excluding hydrogens is 380 g/mol. The zero-order valence-corrected chi connectivity index (χ0v) is 14.0. The average Bonchev–Trinajstić information content (AvgIpc) is 1.96. The van der Waals surface area contributed by atoms with Crippen LogP contribution in [0, 0.1) is 0 Å². The summed E-state index contributed by atoms with van der Waals surface area (Å²) in [4.78, 5) is -0.778. The summed E-state index contributed by atoms with van der Waals surface area (Å²) < 4.78 is -2.73. The van der Waals surface area contributed by atoms with Gasteiger partial charge in [-0.2, -0.15) is 0 Å². The van der Waals surface area contributed by atoms with Gasteiger partial charge in [0.15, 0.2) is 3.79 Å². The van der Waals surface area contributed by atoms with E-state index in [2.05, 4.69) is 0 Å². The predicted molar refractivity (Wildman–Crippen MR) is 78.2 cm³/mol. The molecule has 0 aromatic rings. The molecule has 0 N–H and O–H groups in total.